The van der Waals surface area contributed by atoms with Crippen molar-refractivity contribution in [3.05, 3.63) is 65.2 Å². The lowest BCUT2D eigenvalue weighted by Gasteiger charge is -2.25. The van der Waals surface area contributed by atoms with Gasteiger partial charge in [0.1, 0.15) is 11.5 Å². The van der Waals surface area contributed by atoms with Crippen molar-refractivity contribution in [3.63, 3.8) is 0 Å². The maximum absolute atomic E-state index is 13.1. The Morgan fingerprint density at radius 2 is 1.81 bits per heavy atom. The Balaban J connectivity index is 2.58. The first-order valence-electron chi connectivity index (χ1n) is 7.45. The number of non-ortho nitro benzene ring substituents is 1. The predicted octanol–water partition coefficient (Wildman–Crippen LogP) is 2.99. The first kappa shape index (κ1) is 19.3. The lowest BCUT2D eigenvalue weighted by atomic mass is 10.2. The zero-order valence-electron chi connectivity index (χ0n) is 14.3. The third-order valence-corrected chi connectivity index (χ3v) is 5.38. The number of methoxy groups -OCH3 is 2. The second-order valence-corrected chi connectivity index (χ2v) is 6.98. The van der Waals surface area contributed by atoms with Crippen LogP contribution in [-0.2, 0) is 10.0 Å². The van der Waals surface area contributed by atoms with Gasteiger partial charge in [0.05, 0.1) is 36.3 Å². The molecule has 26 heavy (non-hydrogen) atoms. The minimum Gasteiger partial charge on any atom is -0.497 e. The molecule has 0 aromatic heterocycles. The zero-order valence-corrected chi connectivity index (χ0v) is 15.1. The lowest BCUT2D eigenvalue weighted by Crippen LogP contribution is -2.31. The third-order valence-electron chi connectivity index (χ3n) is 3.59. The van der Waals surface area contributed by atoms with Crippen molar-refractivity contribution in [2.45, 2.75) is 4.90 Å². The molecule has 2 rings (SSSR count). The molecule has 2 aromatic carbocycles. The van der Waals surface area contributed by atoms with Gasteiger partial charge in [0.25, 0.3) is 15.7 Å². The summed E-state index contributed by atoms with van der Waals surface area (Å²) in [4.78, 5) is 10.1. The van der Waals surface area contributed by atoms with Crippen LogP contribution >= 0.6 is 0 Å². The molecule has 0 aliphatic heterocycles. The van der Waals surface area contributed by atoms with E-state index in [1.807, 2.05) is 0 Å². The number of hydrogen-bond acceptors (Lipinski definition) is 6. The number of nitro benzene ring substituents is 1. The molecule has 0 N–H and O–H groups in total. The van der Waals surface area contributed by atoms with E-state index in [9.17, 15) is 18.5 Å². The molecule has 2 aromatic rings. The van der Waals surface area contributed by atoms with E-state index in [4.69, 9.17) is 9.47 Å². The Morgan fingerprint density at radius 1 is 1.15 bits per heavy atom. The molecule has 138 valence electrons. The Hall–Kier alpha value is -3.07. The highest BCUT2D eigenvalue weighted by atomic mass is 32.2. The molecular weight excluding hydrogens is 360 g/mol. The molecular formula is C17H18N2O6S. The van der Waals surface area contributed by atoms with Crippen LogP contribution in [0.5, 0.6) is 11.5 Å². The van der Waals surface area contributed by atoms with Gasteiger partial charge in [-0.05, 0) is 24.3 Å². The molecule has 0 fully saturated rings. The Morgan fingerprint density at radius 3 is 2.31 bits per heavy atom. The summed E-state index contributed by atoms with van der Waals surface area (Å²) in [5, 5.41) is 10.8. The predicted molar refractivity (Wildman–Crippen MR) is 97.4 cm³/mol. The minimum absolute atomic E-state index is 0.0250. The number of ether oxygens (including phenoxy) is 2. The first-order valence-corrected chi connectivity index (χ1v) is 8.89. The van der Waals surface area contributed by atoms with Crippen LogP contribution in [0.2, 0.25) is 0 Å². The Kier molecular flexibility index (Phi) is 5.83. The van der Waals surface area contributed by atoms with Gasteiger partial charge in [0, 0.05) is 18.2 Å². The van der Waals surface area contributed by atoms with E-state index in [-0.39, 0.29) is 22.8 Å². The smallest absolute Gasteiger partial charge is 0.269 e. The monoisotopic (exact) mass is 378 g/mol. The van der Waals surface area contributed by atoms with E-state index in [1.165, 1.54) is 38.5 Å². The highest BCUT2D eigenvalue weighted by Crippen LogP contribution is 2.35. The largest absolute Gasteiger partial charge is 0.497 e. The molecule has 8 nitrogen and oxygen atoms in total. The topological polar surface area (TPSA) is 99.0 Å². The van der Waals surface area contributed by atoms with Gasteiger partial charge in [-0.1, -0.05) is 6.08 Å². The van der Waals surface area contributed by atoms with Gasteiger partial charge in [-0.2, -0.15) is 0 Å². The van der Waals surface area contributed by atoms with Gasteiger partial charge in [-0.15, -0.1) is 6.58 Å². The average molecular weight is 378 g/mol. The highest BCUT2D eigenvalue weighted by Gasteiger charge is 2.27. The van der Waals surface area contributed by atoms with Gasteiger partial charge < -0.3 is 9.47 Å². The van der Waals surface area contributed by atoms with E-state index in [0.717, 1.165) is 16.4 Å². The van der Waals surface area contributed by atoms with E-state index < -0.39 is 14.9 Å². The van der Waals surface area contributed by atoms with Crippen LogP contribution in [0, 0.1) is 10.1 Å². The van der Waals surface area contributed by atoms with Crippen LogP contribution in [0.4, 0.5) is 11.4 Å². The molecule has 0 aliphatic carbocycles. The zero-order chi connectivity index (χ0) is 19.3. The van der Waals surface area contributed by atoms with Gasteiger partial charge in [-0.25, -0.2) is 8.42 Å². The number of rotatable bonds is 8. The van der Waals surface area contributed by atoms with Crippen molar-refractivity contribution in [2.75, 3.05) is 25.1 Å². The molecule has 0 bridgehead atoms. The Bertz CT molecular complexity index is 909. The molecule has 0 radical (unpaired) electrons. The summed E-state index contributed by atoms with van der Waals surface area (Å²) in [5.41, 5.74) is 0.0725. The molecule has 0 saturated heterocycles. The van der Waals surface area contributed by atoms with Crippen molar-refractivity contribution in [2.24, 2.45) is 0 Å². The number of nitro groups is 1. The van der Waals surface area contributed by atoms with Crippen LogP contribution in [0.3, 0.4) is 0 Å². The minimum atomic E-state index is -4.01. The van der Waals surface area contributed by atoms with Crippen molar-refractivity contribution >= 4 is 21.4 Å². The maximum atomic E-state index is 13.1. The molecule has 0 saturated carbocycles. The van der Waals surface area contributed by atoms with Gasteiger partial charge >= 0.3 is 0 Å². The SMILES string of the molecule is C=CCN(c1cc(OC)ccc1OC)S(=O)(=O)c1ccc([N+](=O)[O-])cc1. The molecule has 0 amide bonds. The van der Waals surface area contributed by atoms with Gasteiger partial charge in [0.15, 0.2) is 0 Å². The summed E-state index contributed by atoms with van der Waals surface area (Å²) in [6.45, 7) is 3.58. The first-order chi connectivity index (χ1) is 12.3. The highest BCUT2D eigenvalue weighted by molar-refractivity contribution is 7.92. The normalized spacial score (nSPS) is 10.8. The van der Waals surface area contributed by atoms with E-state index in [1.54, 1.807) is 12.1 Å². The summed E-state index contributed by atoms with van der Waals surface area (Å²) >= 11 is 0. The second kappa shape index (κ2) is 7.87. The number of anilines is 1. The maximum Gasteiger partial charge on any atom is 0.269 e. The fourth-order valence-corrected chi connectivity index (χ4v) is 3.74. The average Bonchev–Trinajstić information content (AvgIpc) is 2.65. The van der Waals surface area contributed by atoms with Crippen molar-refractivity contribution in [3.8, 4) is 11.5 Å². The lowest BCUT2D eigenvalue weighted by molar-refractivity contribution is -0.384. The summed E-state index contributed by atoms with van der Waals surface area (Å²) in [6.07, 6.45) is 1.43. The molecule has 9 heteroatoms. The van der Waals surface area contributed by atoms with Crippen molar-refractivity contribution in [1.29, 1.82) is 0 Å². The van der Waals surface area contributed by atoms with E-state index in [0.29, 0.717) is 11.5 Å². The van der Waals surface area contributed by atoms with Crippen LogP contribution in [0.15, 0.2) is 60.0 Å². The van der Waals surface area contributed by atoms with E-state index >= 15 is 0 Å². The van der Waals surface area contributed by atoms with Crippen LogP contribution in [0.1, 0.15) is 0 Å². The van der Waals surface area contributed by atoms with Crippen LogP contribution in [-0.4, -0.2) is 34.1 Å². The molecule has 0 aliphatic rings. The van der Waals surface area contributed by atoms with Crippen molar-refractivity contribution < 1.29 is 22.8 Å². The number of hydrogen-bond donors (Lipinski definition) is 0. The van der Waals surface area contributed by atoms with Crippen molar-refractivity contribution in [1.82, 2.24) is 0 Å². The van der Waals surface area contributed by atoms with Gasteiger partial charge in [0.2, 0.25) is 0 Å². The molecule has 0 heterocycles. The summed E-state index contributed by atoms with van der Waals surface area (Å²) < 4.78 is 37.7. The number of nitrogens with zero attached hydrogens (tertiary/aromatic N) is 2. The van der Waals surface area contributed by atoms with Crippen LogP contribution in [0.25, 0.3) is 0 Å². The molecule has 0 unspecified atom stereocenters. The van der Waals surface area contributed by atoms with Gasteiger partial charge in [-0.3, -0.25) is 14.4 Å². The standard InChI is InChI=1S/C17H18N2O6S/c1-4-11-18(16-12-14(24-2)7-10-17(16)25-3)26(22,23)15-8-5-13(6-9-15)19(20)21/h4-10,12H,1,11H2,2-3H3. The number of sulfonamides is 1. The summed E-state index contributed by atoms with van der Waals surface area (Å²) in [7, 11) is -1.12. The summed E-state index contributed by atoms with van der Waals surface area (Å²) in [6, 6.07) is 9.43. The van der Waals surface area contributed by atoms with Crippen LogP contribution < -0.4 is 13.8 Å². The molecule has 0 spiro atoms. The fourth-order valence-electron chi connectivity index (χ4n) is 2.30. The second-order valence-electron chi connectivity index (χ2n) is 5.11. The van der Waals surface area contributed by atoms with E-state index in [2.05, 4.69) is 6.58 Å². The third kappa shape index (κ3) is 3.77. The fraction of sp³-hybridized carbons (Fsp3) is 0.176. The molecule has 0 atom stereocenters. The quantitative estimate of drug-likeness (QED) is 0.398. The number of benzene rings is 2. The summed E-state index contributed by atoms with van der Waals surface area (Å²) in [5.74, 6) is 0.784. The Labute approximate surface area is 151 Å².